The zero-order valence-corrected chi connectivity index (χ0v) is 39.8. The van der Waals surface area contributed by atoms with Crippen LogP contribution in [-0.4, -0.2) is 182 Å². The number of H-pyrrole nitrogens is 1. The fourth-order valence-corrected chi connectivity index (χ4v) is 6.56. The van der Waals surface area contributed by atoms with E-state index < -0.39 is 152 Å². The molecular weight excluding hydrogens is 953 g/mol. The number of unbranched alkanes of at least 4 members (excludes halogenated alkanes) is 1. The number of primary amides is 1. The summed E-state index contributed by atoms with van der Waals surface area (Å²) in [6.45, 7) is 1.48. The van der Waals surface area contributed by atoms with Crippen LogP contribution in [0, 0.1) is 0 Å². The van der Waals surface area contributed by atoms with Gasteiger partial charge in [-0.05, 0) is 52.1 Å². The highest BCUT2D eigenvalue weighted by Gasteiger charge is 2.36. The zero-order chi connectivity index (χ0) is 54.1. The van der Waals surface area contributed by atoms with E-state index in [2.05, 4.69) is 57.8 Å². The molecule has 20 N–H and O–H groups in total. The predicted molar refractivity (Wildman–Crippen MR) is 250 cm³/mol. The molecule has 0 aliphatic heterocycles. The van der Waals surface area contributed by atoms with Crippen molar-refractivity contribution in [1.29, 1.82) is 0 Å². The van der Waals surface area contributed by atoms with E-state index in [-0.39, 0.29) is 37.9 Å². The average molecular weight is 1020 g/mol. The topological polar surface area (TPSA) is 484 Å². The number of hydrogen-bond acceptors (Lipinski definition) is 17. The van der Waals surface area contributed by atoms with E-state index >= 15 is 0 Å². The van der Waals surface area contributed by atoms with Crippen LogP contribution in [0.4, 0.5) is 0 Å². The summed E-state index contributed by atoms with van der Waals surface area (Å²) < 4.78 is 0. The summed E-state index contributed by atoms with van der Waals surface area (Å²) in [5.41, 5.74) is 17.0. The van der Waals surface area contributed by atoms with Gasteiger partial charge in [-0.3, -0.25) is 47.9 Å². The molecule has 0 aliphatic carbocycles. The highest BCUT2D eigenvalue weighted by atomic mass is 16.4. The number of amides is 10. The number of aliphatic hydroxyl groups is 3. The van der Waals surface area contributed by atoms with Gasteiger partial charge in [0.1, 0.15) is 48.3 Å². The summed E-state index contributed by atoms with van der Waals surface area (Å²) in [6, 6.07) is -4.63. The molecule has 0 spiro atoms. The third-order valence-electron chi connectivity index (χ3n) is 10.5. The molecule has 0 unspecified atom stereocenters. The number of carbonyl (C=O) groups is 11. The maximum atomic E-state index is 14.1. The quantitative estimate of drug-likeness (QED) is 0.0303. The van der Waals surface area contributed by atoms with Crippen molar-refractivity contribution in [2.24, 2.45) is 17.2 Å². The molecular formula is C43H66N14O15. The van der Waals surface area contributed by atoms with Crippen molar-refractivity contribution >= 4 is 65.0 Å². The Balaban J connectivity index is 2.29. The van der Waals surface area contributed by atoms with Crippen LogP contribution in [0.3, 0.4) is 0 Å². The number of nitrogens with one attached hydrogen (secondary N) is 10. The van der Waals surface area contributed by atoms with E-state index in [1.54, 1.807) is 30.3 Å². The lowest BCUT2D eigenvalue weighted by molar-refractivity contribution is -0.143. The minimum Gasteiger partial charge on any atom is -0.480 e. The Bertz CT molecular complexity index is 2160. The van der Waals surface area contributed by atoms with E-state index in [0.717, 1.165) is 13.8 Å². The molecule has 10 atom stereocenters. The van der Waals surface area contributed by atoms with Crippen LogP contribution < -0.4 is 65.1 Å². The maximum Gasteiger partial charge on any atom is 0.326 e. The van der Waals surface area contributed by atoms with E-state index in [1.807, 2.05) is 0 Å². The number of benzene rings is 1. The highest BCUT2D eigenvalue weighted by molar-refractivity contribution is 5.99. The van der Waals surface area contributed by atoms with Gasteiger partial charge in [-0.1, -0.05) is 30.3 Å². The first-order valence-corrected chi connectivity index (χ1v) is 22.6. The summed E-state index contributed by atoms with van der Waals surface area (Å²) in [4.78, 5) is 149. The first-order valence-electron chi connectivity index (χ1n) is 22.6. The van der Waals surface area contributed by atoms with Gasteiger partial charge in [0.05, 0.1) is 44.7 Å². The minimum absolute atomic E-state index is 0.122. The molecule has 0 saturated carbocycles. The van der Waals surface area contributed by atoms with Gasteiger partial charge < -0.3 is 90.5 Å². The van der Waals surface area contributed by atoms with Crippen LogP contribution in [-0.2, 0) is 65.6 Å². The van der Waals surface area contributed by atoms with Gasteiger partial charge in [0, 0.05) is 24.7 Å². The van der Waals surface area contributed by atoms with Gasteiger partial charge in [0.25, 0.3) is 0 Å². The first kappa shape index (κ1) is 60.5. The van der Waals surface area contributed by atoms with Gasteiger partial charge in [-0.25, -0.2) is 9.78 Å². The molecule has 29 nitrogen and oxygen atoms in total. The molecule has 0 aliphatic rings. The fraction of sp³-hybridized carbons (Fsp3) is 0.535. The molecule has 0 saturated heterocycles. The van der Waals surface area contributed by atoms with Crippen molar-refractivity contribution in [1.82, 2.24) is 57.8 Å². The Morgan fingerprint density at radius 1 is 0.625 bits per heavy atom. The molecule has 10 amide bonds. The van der Waals surface area contributed by atoms with Crippen molar-refractivity contribution in [3.8, 4) is 0 Å². The third kappa shape index (κ3) is 21.2. The smallest absolute Gasteiger partial charge is 0.326 e. The lowest BCUT2D eigenvalue weighted by Crippen LogP contribution is -2.62. The number of nitrogens with two attached hydrogens (primary N) is 3. The van der Waals surface area contributed by atoms with Crippen LogP contribution in [0.2, 0.25) is 0 Å². The minimum atomic E-state index is -1.88. The number of carbonyl (C=O) groups excluding carboxylic acids is 10. The molecule has 2 aromatic rings. The number of carboxylic acid groups (broad SMARTS) is 1. The van der Waals surface area contributed by atoms with Crippen molar-refractivity contribution in [2.75, 3.05) is 26.2 Å². The molecule has 0 bridgehead atoms. The number of aliphatic hydroxyl groups excluding tert-OH is 3. The SMILES string of the molecule is C[C@H](NC(=O)CN)C(=O)NCC(=O)N[C@@H](CC(N)=O)C(=O)N[C@H](C(=O)N[C@@H](Cc1cnc[nH]1)C(=O)N[C@@H](CCCCN)C(=O)N[C@@H](CO)C(=O)N[C@H](C(=O)N[C@@H](Cc1ccccc1)C(=O)O)[C@@H](C)O)[C@@H](C)O. The molecule has 0 fully saturated rings. The number of nitrogens with zero attached hydrogens (tertiary/aromatic N) is 1. The van der Waals surface area contributed by atoms with Crippen molar-refractivity contribution in [3.05, 3.63) is 54.1 Å². The molecule has 2 rings (SSSR count). The van der Waals surface area contributed by atoms with Crippen LogP contribution in [0.1, 0.15) is 57.7 Å². The summed E-state index contributed by atoms with van der Waals surface area (Å²) in [5.74, 6) is -11.7. The van der Waals surface area contributed by atoms with Gasteiger partial charge >= 0.3 is 5.97 Å². The van der Waals surface area contributed by atoms with Gasteiger partial charge in [0.15, 0.2) is 0 Å². The Morgan fingerprint density at radius 3 is 1.68 bits per heavy atom. The van der Waals surface area contributed by atoms with Crippen LogP contribution in [0.15, 0.2) is 42.9 Å². The van der Waals surface area contributed by atoms with E-state index in [4.69, 9.17) is 17.2 Å². The number of imidazole rings is 1. The lowest BCUT2D eigenvalue weighted by atomic mass is 10.0. The Labute approximate surface area is 412 Å². The average Bonchev–Trinajstić information content (AvgIpc) is 3.85. The van der Waals surface area contributed by atoms with Crippen LogP contribution in [0.5, 0.6) is 0 Å². The number of hydrogen-bond donors (Lipinski definition) is 17. The number of carboxylic acids is 1. The fourth-order valence-electron chi connectivity index (χ4n) is 6.56. The summed E-state index contributed by atoms with van der Waals surface area (Å²) in [5, 5.41) is 61.5. The monoisotopic (exact) mass is 1020 g/mol. The van der Waals surface area contributed by atoms with Crippen molar-refractivity contribution in [2.45, 2.75) is 120 Å². The van der Waals surface area contributed by atoms with Gasteiger partial charge in [0.2, 0.25) is 59.1 Å². The van der Waals surface area contributed by atoms with Crippen LogP contribution in [0.25, 0.3) is 0 Å². The third-order valence-corrected chi connectivity index (χ3v) is 10.5. The van der Waals surface area contributed by atoms with E-state index in [0.29, 0.717) is 12.0 Å². The van der Waals surface area contributed by atoms with Gasteiger partial charge in [-0.15, -0.1) is 0 Å². The largest absolute Gasteiger partial charge is 0.480 e. The molecule has 72 heavy (non-hydrogen) atoms. The second kappa shape index (κ2) is 30.9. The summed E-state index contributed by atoms with van der Waals surface area (Å²) >= 11 is 0. The lowest BCUT2D eigenvalue weighted by Gasteiger charge is -2.28. The van der Waals surface area contributed by atoms with Crippen molar-refractivity contribution in [3.63, 3.8) is 0 Å². The van der Waals surface area contributed by atoms with E-state index in [1.165, 1.54) is 19.4 Å². The molecule has 1 aromatic heterocycles. The highest BCUT2D eigenvalue weighted by Crippen LogP contribution is 2.09. The van der Waals surface area contributed by atoms with Crippen LogP contribution >= 0.6 is 0 Å². The molecule has 398 valence electrons. The molecule has 29 heteroatoms. The van der Waals surface area contributed by atoms with E-state index in [9.17, 15) is 73.2 Å². The summed E-state index contributed by atoms with van der Waals surface area (Å²) in [7, 11) is 0. The maximum absolute atomic E-state index is 14.1. The first-order chi connectivity index (χ1) is 34.0. The second-order valence-electron chi connectivity index (χ2n) is 16.5. The Hall–Kier alpha value is -7.60. The Morgan fingerprint density at radius 2 is 1.17 bits per heavy atom. The zero-order valence-electron chi connectivity index (χ0n) is 39.8. The van der Waals surface area contributed by atoms with Crippen molar-refractivity contribution < 1.29 is 73.2 Å². The second-order valence-corrected chi connectivity index (χ2v) is 16.5. The Kier molecular flexibility index (Phi) is 26.0. The number of aromatic amines is 1. The van der Waals surface area contributed by atoms with Gasteiger partial charge in [-0.2, -0.15) is 0 Å². The standard InChI is InChI=1S/C43H66N14O15/c1-21(50-32(62)16-45)36(64)48-18-33(63)51-28(15-31(46)61)39(67)56-34(22(2)59)41(69)53-27(14-25-17-47-20-49-25)38(66)52-26(11-7-8-12-44)37(65)55-30(19-58)40(68)57-35(23(3)60)42(70)54-29(43(71)72)13-24-9-5-4-6-10-24/h4-6,9-10,17,20-23,26-30,34-35,58-60H,7-8,11-16,18-19,44-45H2,1-3H3,(H2,46,61)(H,47,49)(H,48,64)(H,50,62)(H,51,63)(H,52,66)(H,53,69)(H,54,70)(H,55,65)(H,56,67)(H,57,68)(H,71,72)/t21-,22+,23+,26-,27-,28-,29-,30-,34-,35-/m0/s1. The summed E-state index contributed by atoms with van der Waals surface area (Å²) in [6.07, 6.45) is -1.62. The molecule has 1 heterocycles. The molecule has 1 aromatic carbocycles. The normalized spacial score (nSPS) is 15.1. The predicted octanol–water partition coefficient (Wildman–Crippen LogP) is -7.99. The molecule has 0 radical (unpaired) electrons. The number of rotatable bonds is 32. The number of aliphatic carboxylic acids is 1. The number of aromatic nitrogens is 2.